The molecule has 0 aliphatic rings. The monoisotopic (exact) mass is 370 g/mol. The zero-order chi connectivity index (χ0) is 17.7. The second kappa shape index (κ2) is 8.03. The van der Waals surface area contributed by atoms with E-state index in [0.717, 1.165) is 0 Å². The van der Waals surface area contributed by atoms with Crippen LogP contribution in [-0.4, -0.2) is 39.0 Å². The zero-order valence-electron chi connectivity index (χ0n) is 12.7. The molecule has 1 heterocycles. The van der Waals surface area contributed by atoms with Crippen molar-refractivity contribution in [3.8, 4) is 0 Å². The van der Waals surface area contributed by atoms with Crippen LogP contribution in [0, 0.1) is 0 Å². The van der Waals surface area contributed by atoms with E-state index in [1.807, 2.05) is 0 Å². The fourth-order valence-electron chi connectivity index (χ4n) is 2.01. The first kappa shape index (κ1) is 18.1. The van der Waals surface area contributed by atoms with Crippen LogP contribution in [0.4, 0.5) is 5.69 Å². The Morgan fingerprint density at radius 2 is 2.08 bits per heavy atom. The number of aromatic amines is 1. The van der Waals surface area contributed by atoms with Gasteiger partial charge in [-0.25, -0.2) is 9.78 Å². The van der Waals surface area contributed by atoms with Gasteiger partial charge in [0.25, 0.3) is 0 Å². The number of carbonyl (C=O) groups excluding carboxylic acids is 1. The summed E-state index contributed by atoms with van der Waals surface area (Å²) < 4.78 is 0. The number of benzene rings is 1. The molecule has 2 aromatic rings. The predicted octanol–water partition coefficient (Wildman–Crippen LogP) is 2.33. The summed E-state index contributed by atoms with van der Waals surface area (Å²) in [5.74, 6) is -1.58. The molecule has 0 spiro atoms. The topological polar surface area (TPSA) is 107 Å². The Morgan fingerprint density at radius 3 is 2.67 bits per heavy atom. The molecule has 0 saturated heterocycles. The highest BCUT2D eigenvalue weighted by Gasteiger charge is 2.23. The van der Waals surface area contributed by atoms with Crippen molar-refractivity contribution in [1.29, 1.82) is 0 Å². The summed E-state index contributed by atoms with van der Waals surface area (Å²) in [7, 11) is 0. The zero-order valence-corrected chi connectivity index (χ0v) is 14.2. The highest BCUT2D eigenvalue weighted by molar-refractivity contribution is 6.42. The van der Waals surface area contributed by atoms with Crippen LogP contribution in [0.15, 0.2) is 30.7 Å². The average Bonchev–Trinajstić information content (AvgIpc) is 3.03. The number of carboxylic acid groups (broad SMARTS) is 1. The Morgan fingerprint density at radius 1 is 1.33 bits per heavy atom. The van der Waals surface area contributed by atoms with Gasteiger partial charge in [-0.3, -0.25) is 4.79 Å². The maximum absolute atomic E-state index is 12.2. The summed E-state index contributed by atoms with van der Waals surface area (Å²) in [6.45, 7) is 1.62. The maximum atomic E-state index is 12.2. The summed E-state index contributed by atoms with van der Waals surface area (Å²) in [4.78, 5) is 30.2. The largest absolute Gasteiger partial charge is 0.480 e. The van der Waals surface area contributed by atoms with Crippen LogP contribution in [0.1, 0.15) is 12.6 Å². The number of nitrogens with one attached hydrogen (secondary N) is 3. The van der Waals surface area contributed by atoms with E-state index in [-0.39, 0.29) is 6.42 Å². The second-order valence-electron chi connectivity index (χ2n) is 5.18. The number of hydrogen-bond donors (Lipinski definition) is 4. The number of nitrogens with zero attached hydrogens (tertiary/aromatic N) is 1. The van der Waals surface area contributed by atoms with Crippen molar-refractivity contribution in [2.75, 3.05) is 5.32 Å². The Hall–Kier alpha value is -2.25. The van der Waals surface area contributed by atoms with Crippen molar-refractivity contribution in [2.24, 2.45) is 0 Å². The molecule has 24 heavy (non-hydrogen) atoms. The minimum absolute atomic E-state index is 0.112. The molecule has 2 rings (SSSR count). The molecular formula is C15H16Cl2N4O3. The first-order chi connectivity index (χ1) is 11.4. The van der Waals surface area contributed by atoms with E-state index in [1.54, 1.807) is 25.1 Å². The molecule has 7 nitrogen and oxygen atoms in total. The molecule has 1 amide bonds. The van der Waals surface area contributed by atoms with Gasteiger partial charge in [-0.1, -0.05) is 23.2 Å². The Bertz CT molecular complexity index is 722. The lowest BCUT2D eigenvalue weighted by Gasteiger charge is -2.19. The predicted molar refractivity (Wildman–Crippen MR) is 91.4 cm³/mol. The van der Waals surface area contributed by atoms with E-state index in [1.165, 1.54) is 12.5 Å². The van der Waals surface area contributed by atoms with Crippen LogP contribution in [0.2, 0.25) is 10.0 Å². The third kappa shape index (κ3) is 4.87. The van der Waals surface area contributed by atoms with E-state index in [2.05, 4.69) is 20.6 Å². The summed E-state index contributed by atoms with van der Waals surface area (Å²) in [6, 6.07) is 3.15. The summed E-state index contributed by atoms with van der Waals surface area (Å²) in [5.41, 5.74) is 1.22. The van der Waals surface area contributed by atoms with E-state index in [0.29, 0.717) is 21.4 Å². The highest BCUT2D eigenvalue weighted by Crippen LogP contribution is 2.25. The molecule has 1 aromatic heterocycles. The fraction of sp³-hybridized carbons (Fsp3) is 0.267. The van der Waals surface area contributed by atoms with Gasteiger partial charge < -0.3 is 20.7 Å². The number of imidazole rings is 1. The fourth-order valence-corrected chi connectivity index (χ4v) is 2.31. The van der Waals surface area contributed by atoms with Crippen molar-refractivity contribution in [1.82, 2.24) is 15.3 Å². The molecule has 0 bridgehead atoms. The van der Waals surface area contributed by atoms with Crippen LogP contribution in [0.25, 0.3) is 0 Å². The maximum Gasteiger partial charge on any atom is 0.326 e. The van der Waals surface area contributed by atoms with E-state index in [9.17, 15) is 14.7 Å². The normalized spacial score (nSPS) is 13.1. The molecule has 2 atom stereocenters. The number of amides is 1. The molecule has 1 aromatic carbocycles. The molecule has 0 saturated carbocycles. The van der Waals surface area contributed by atoms with E-state index < -0.39 is 24.0 Å². The van der Waals surface area contributed by atoms with Gasteiger partial charge in [-0.15, -0.1) is 0 Å². The highest BCUT2D eigenvalue weighted by atomic mass is 35.5. The number of carbonyl (C=O) groups is 2. The van der Waals surface area contributed by atoms with Crippen LogP contribution in [0.5, 0.6) is 0 Å². The van der Waals surface area contributed by atoms with Crippen molar-refractivity contribution in [3.05, 3.63) is 46.5 Å². The van der Waals surface area contributed by atoms with Crippen LogP contribution >= 0.6 is 23.2 Å². The Balaban J connectivity index is 1.97. The third-order valence-electron chi connectivity index (χ3n) is 3.29. The summed E-state index contributed by atoms with van der Waals surface area (Å²) in [6.07, 6.45) is 3.07. The SMILES string of the molecule is C[C@H](Nc1ccc(Cl)c(Cl)c1)C(=O)N[C@@H](Cc1cnc[nH]1)C(=O)O. The van der Waals surface area contributed by atoms with Crippen molar-refractivity contribution >= 4 is 40.8 Å². The van der Waals surface area contributed by atoms with E-state index >= 15 is 0 Å². The van der Waals surface area contributed by atoms with Gasteiger partial charge in [0, 0.05) is 24.0 Å². The number of halogens is 2. The Kier molecular flexibility index (Phi) is 6.05. The number of rotatable bonds is 7. The lowest BCUT2D eigenvalue weighted by Crippen LogP contribution is -2.47. The average molecular weight is 371 g/mol. The molecule has 0 radical (unpaired) electrons. The van der Waals surface area contributed by atoms with Crippen LogP contribution in [-0.2, 0) is 16.0 Å². The third-order valence-corrected chi connectivity index (χ3v) is 4.03. The molecule has 128 valence electrons. The smallest absolute Gasteiger partial charge is 0.326 e. The van der Waals surface area contributed by atoms with Gasteiger partial charge in [-0.2, -0.15) is 0 Å². The molecule has 9 heteroatoms. The molecule has 0 aliphatic carbocycles. The van der Waals surface area contributed by atoms with Gasteiger partial charge in [0.15, 0.2) is 0 Å². The molecular weight excluding hydrogens is 355 g/mol. The summed E-state index contributed by atoms with van der Waals surface area (Å²) in [5, 5.41) is 15.5. The van der Waals surface area contributed by atoms with Crippen molar-refractivity contribution in [3.63, 3.8) is 0 Å². The van der Waals surface area contributed by atoms with Crippen molar-refractivity contribution < 1.29 is 14.7 Å². The molecule has 4 N–H and O–H groups in total. The lowest BCUT2D eigenvalue weighted by atomic mass is 10.1. The van der Waals surface area contributed by atoms with Gasteiger partial charge in [-0.05, 0) is 25.1 Å². The van der Waals surface area contributed by atoms with Gasteiger partial charge in [0.05, 0.1) is 16.4 Å². The first-order valence-corrected chi connectivity index (χ1v) is 7.84. The van der Waals surface area contributed by atoms with Crippen molar-refractivity contribution in [2.45, 2.75) is 25.4 Å². The quantitative estimate of drug-likeness (QED) is 0.598. The summed E-state index contributed by atoms with van der Waals surface area (Å²) >= 11 is 11.8. The molecule has 0 aliphatic heterocycles. The first-order valence-electron chi connectivity index (χ1n) is 7.09. The molecule has 0 unspecified atom stereocenters. The second-order valence-corrected chi connectivity index (χ2v) is 5.99. The lowest BCUT2D eigenvalue weighted by molar-refractivity contribution is -0.141. The van der Waals surface area contributed by atoms with Crippen LogP contribution < -0.4 is 10.6 Å². The number of anilines is 1. The number of aliphatic carboxylic acids is 1. The molecule has 0 fully saturated rings. The standard InChI is InChI=1S/C15H16Cl2N4O3/c1-8(20-9-2-3-11(16)12(17)4-9)14(22)21-13(15(23)24)5-10-6-18-7-19-10/h2-4,6-8,13,20H,5H2,1H3,(H,18,19)(H,21,22)(H,23,24)/t8-,13-/m0/s1. The van der Waals surface area contributed by atoms with Gasteiger partial charge in [0.2, 0.25) is 5.91 Å². The number of aromatic nitrogens is 2. The van der Waals surface area contributed by atoms with E-state index in [4.69, 9.17) is 23.2 Å². The van der Waals surface area contributed by atoms with Crippen LogP contribution in [0.3, 0.4) is 0 Å². The number of carboxylic acids is 1. The number of H-pyrrole nitrogens is 1. The van der Waals surface area contributed by atoms with Gasteiger partial charge in [0.1, 0.15) is 12.1 Å². The Labute approximate surface area is 148 Å². The minimum atomic E-state index is -1.13. The minimum Gasteiger partial charge on any atom is -0.480 e. The van der Waals surface area contributed by atoms with Gasteiger partial charge >= 0.3 is 5.97 Å². The number of hydrogen-bond acceptors (Lipinski definition) is 4.